The van der Waals surface area contributed by atoms with Gasteiger partial charge in [-0.1, -0.05) is 18.2 Å². The van der Waals surface area contributed by atoms with E-state index in [1.54, 1.807) is 81.2 Å². The third-order valence-corrected chi connectivity index (χ3v) is 7.43. The van der Waals surface area contributed by atoms with E-state index < -0.39 is 35.0 Å². The average Bonchev–Trinajstić information content (AvgIpc) is 3.40. The molecule has 12 heteroatoms. The largest absolute Gasteiger partial charge is 0.497 e. The number of hydrogen-bond acceptors (Lipinski definition) is 9. The molecule has 0 aliphatic carbocycles. The average molecular weight is 564 g/mol. The Bertz CT molecular complexity index is 1510. The van der Waals surface area contributed by atoms with Gasteiger partial charge in [0.05, 0.1) is 12.8 Å². The lowest BCUT2D eigenvalue weighted by Crippen LogP contribution is -2.70. The van der Waals surface area contributed by atoms with Crippen LogP contribution in [0.2, 0.25) is 0 Å². The summed E-state index contributed by atoms with van der Waals surface area (Å²) in [5, 5.41) is 6.66. The summed E-state index contributed by atoms with van der Waals surface area (Å²) in [6.07, 6.45) is 6.24. The van der Waals surface area contributed by atoms with Gasteiger partial charge in [-0.25, -0.2) is 19.1 Å². The molecule has 2 aromatic heterocycles. The number of benzene rings is 1. The molecule has 2 aliphatic heterocycles. The molecule has 2 amide bonds. The topological polar surface area (TPSA) is 124 Å². The van der Waals surface area contributed by atoms with E-state index in [9.17, 15) is 14.4 Å². The van der Waals surface area contributed by atoms with E-state index in [2.05, 4.69) is 15.4 Å². The molecular formula is C28H29N5O6S. The van der Waals surface area contributed by atoms with Crippen LogP contribution in [0.4, 0.5) is 4.79 Å². The van der Waals surface area contributed by atoms with Gasteiger partial charge >= 0.3 is 12.1 Å². The zero-order valence-electron chi connectivity index (χ0n) is 22.5. The number of aromatic nitrogens is 3. The van der Waals surface area contributed by atoms with Gasteiger partial charge in [0, 0.05) is 18.1 Å². The number of nitrogens with zero attached hydrogens (tertiary/aromatic N) is 4. The molecule has 208 valence electrons. The molecule has 3 aromatic rings. The molecule has 1 aromatic carbocycles. The van der Waals surface area contributed by atoms with E-state index in [0.29, 0.717) is 28.4 Å². The van der Waals surface area contributed by atoms with Crippen LogP contribution in [0.25, 0.3) is 11.7 Å². The molecule has 0 bridgehead atoms. The van der Waals surface area contributed by atoms with Gasteiger partial charge in [0.15, 0.2) is 5.65 Å². The Morgan fingerprint density at radius 1 is 1.15 bits per heavy atom. The van der Waals surface area contributed by atoms with Crippen molar-refractivity contribution < 1.29 is 28.6 Å². The van der Waals surface area contributed by atoms with Crippen LogP contribution in [0.15, 0.2) is 66.1 Å². The van der Waals surface area contributed by atoms with Crippen molar-refractivity contribution in [3.05, 3.63) is 77.4 Å². The van der Waals surface area contributed by atoms with Crippen LogP contribution in [0.3, 0.4) is 0 Å². The fraction of sp³-hybridized carbons (Fsp3) is 0.321. The number of methoxy groups -OCH3 is 1. The summed E-state index contributed by atoms with van der Waals surface area (Å²) in [7, 11) is 1.58. The van der Waals surface area contributed by atoms with Gasteiger partial charge in [-0.15, -0.1) is 11.8 Å². The minimum Gasteiger partial charge on any atom is -0.497 e. The Morgan fingerprint density at radius 2 is 1.93 bits per heavy atom. The van der Waals surface area contributed by atoms with Gasteiger partial charge < -0.3 is 19.5 Å². The van der Waals surface area contributed by atoms with Crippen LogP contribution < -0.4 is 10.1 Å². The molecule has 1 fully saturated rings. The molecular weight excluding hydrogens is 534 g/mol. The fourth-order valence-corrected chi connectivity index (χ4v) is 5.56. The first-order valence-corrected chi connectivity index (χ1v) is 13.6. The number of esters is 1. The van der Waals surface area contributed by atoms with E-state index >= 15 is 0 Å². The molecule has 0 radical (unpaired) electrons. The van der Waals surface area contributed by atoms with Gasteiger partial charge in [0.25, 0.3) is 5.91 Å². The van der Waals surface area contributed by atoms with Crippen molar-refractivity contribution >= 4 is 41.5 Å². The number of hydrogen-bond donors (Lipinski definition) is 1. The Kier molecular flexibility index (Phi) is 7.53. The standard InChI is InChI=1S/C28H29N5O6S/c1-28(2,3)39-27(36)30-22-24(34)33-23(26(35)38-15-17-5-10-20(37-4)11-6-17)18(16-40-25(22)33)7-8-19-9-12-21-29-13-14-32(21)31-19/h5-14,22,25H,15-16H2,1-4H3,(H,30,36)/t22-,25-/m1/s1. The Balaban J connectivity index is 1.38. The highest BCUT2D eigenvalue weighted by molar-refractivity contribution is 8.00. The predicted octanol–water partition coefficient (Wildman–Crippen LogP) is 3.56. The highest BCUT2D eigenvalue weighted by atomic mass is 32.2. The summed E-state index contributed by atoms with van der Waals surface area (Å²) >= 11 is 1.44. The summed E-state index contributed by atoms with van der Waals surface area (Å²) in [4.78, 5) is 44.6. The molecule has 0 spiro atoms. The Labute approximate surface area is 235 Å². The molecule has 11 nitrogen and oxygen atoms in total. The molecule has 0 saturated carbocycles. The molecule has 2 aliphatic rings. The zero-order chi connectivity index (χ0) is 28.4. The lowest BCUT2D eigenvalue weighted by molar-refractivity contribution is -0.152. The molecule has 40 heavy (non-hydrogen) atoms. The number of carbonyl (C=O) groups is 3. The second-order valence-corrected chi connectivity index (χ2v) is 11.3. The first kappa shape index (κ1) is 27.3. The minimum atomic E-state index is -0.819. The number of ether oxygens (including phenoxy) is 3. The summed E-state index contributed by atoms with van der Waals surface area (Å²) in [5.41, 5.74) is 2.17. The van der Waals surface area contributed by atoms with Crippen LogP contribution in [0.5, 0.6) is 5.75 Å². The highest BCUT2D eigenvalue weighted by Crippen LogP contribution is 2.41. The number of allylic oxidation sites excluding steroid dienone is 1. The molecule has 0 unspecified atom stereocenters. The van der Waals surface area contributed by atoms with Crippen molar-refractivity contribution in [1.82, 2.24) is 24.8 Å². The molecule has 1 N–H and O–H groups in total. The van der Waals surface area contributed by atoms with Crippen LogP contribution in [0.1, 0.15) is 32.0 Å². The van der Waals surface area contributed by atoms with Crippen LogP contribution in [-0.2, 0) is 25.7 Å². The van der Waals surface area contributed by atoms with Crippen LogP contribution in [-0.4, -0.2) is 67.3 Å². The van der Waals surface area contributed by atoms with Gasteiger partial charge in [-0.2, -0.15) is 5.10 Å². The van der Waals surface area contributed by atoms with Crippen LogP contribution in [0, 0.1) is 0 Å². The van der Waals surface area contributed by atoms with Gasteiger partial charge in [-0.3, -0.25) is 9.69 Å². The quantitative estimate of drug-likeness (QED) is 0.339. The number of amides is 2. The highest BCUT2D eigenvalue weighted by Gasteiger charge is 2.54. The normalized spacial score (nSPS) is 18.9. The van der Waals surface area contributed by atoms with Crippen molar-refractivity contribution in [2.75, 3.05) is 12.9 Å². The second kappa shape index (κ2) is 11.0. The smallest absolute Gasteiger partial charge is 0.408 e. The molecule has 4 heterocycles. The lowest BCUT2D eigenvalue weighted by Gasteiger charge is -2.49. The maximum Gasteiger partial charge on any atom is 0.408 e. The van der Waals surface area contributed by atoms with Gasteiger partial charge in [-0.05, 0) is 62.2 Å². The monoisotopic (exact) mass is 563 g/mol. The number of rotatable bonds is 7. The summed E-state index contributed by atoms with van der Waals surface area (Å²) < 4.78 is 17.8. The van der Waals surface area contributed by atoms with E-state index in [1.807, 2.05) is 12.1 Å². The number of imidazole rings is 1. The zero-order valence-corrected chi connectivity index (χ0v) is 23.3. The van der Waals surface area contributed by atoms with Crippen molar-refractivity contribution in [2.45, 2.75) is 44.4 Å². The van der Waals surface area contributed by atoms with Gasteiger partial charge in [0.1, 0.15) is 35.1 Å². The number of fused-ring (bicyclic) bond motifs is 2. The van der Waals surface area contributed by atoms with Crippen molar-refractivity contribution in [3.8, 4) is 5.75 Å². The van der Waals surface area contributed by atoms with E-state index in [4.69, 9.17) is 14.2 Å². The second-order valence-electron chi connectivity index (χ2n) is 10.2. The van der Waals surface area contributed by atoms with Crippen LogP contribution >= 0.6 is 11.8 Å². The number of nitrogens with one attached hydrogen (secondary N) is 1. The number of thioether (sulfide) groups is 1. The maximum absolute atomic E-state index is 13.4. The molecule has 2 atom stereocenters. The molecule has 5 rings (SSSR count). The Hall–Kier alpha value is -4.32. The van der Waals surface area contributed by atoms with E-state index in [1.165, 1.54) is 16.7 Å². The van der Waals surface area contributed by atoms with E-state index in [0.717, 1.165) is 5.56 Å². The van der Waals surface area contributed by atoms with Gasteiger partial charge in [0.2, 0.25) is 0 Å². The fourth-order valence-electron chi connectivity index (χ4n) is 4.24. The number of alkyl carbamates (subject to hydrolysis) is 1. The number of carbonyl (C=O) groups excluding carboxylic acids is 3. The minimum absolute atomic E-state index is 0.0155. The van der Waals surface area contributed by atoms with Crippen molar-refractivity contribution in [1.29, 1.82) is 0 Å². The third-order valence-electron chi connectivity index (χ3n) is 6.12. The summed E-state index contributed by atoms with van der Waals surface area (Å²) in [6, 6.07) is 9.99. The molecule has 1 saturated heterocycles. The lowest BCUT2D eigenvalue weighted by atomic mass is 10.0. The Morgan fingerprint density at radius 3 is 2.65 bits per heavy atom. The SMILES string of the molecule is COc1ccc(COC(=O)C2=C(C=Cc3ccc4nccn4n3)CS[C@@H]3[C@H](NC(=O)OC(C)(C)C)C(=O)N23)cc1. The first-order valence-electron chi connectivity index (χ1n) is 12.6. The summed E-state index contributed by atoms with van der Waals surface area (Å²) in [6.45, 7) is 5.25. The van der Waals surface area contributed by atoms with E-state index in [-0.39, 0.29) is 12.3 Å². The van der Waals surface area contributed by atoms with Crippen molar-refractivity contribution in [2.24, 2.45) is 0 Å². The summed E-state index contributed by atoms with van der Waals surface area (Å²) in [5.74, 6) is 0.0540. The third kappa shape index (κ3) is 5.81. The predicted molar refractivity (Wildman–Crippen MR) is 148 cm³/mol. The maximum atomic E-state index is 13.4. The first-order chi connectivity index (χ1) is 19.1. The number of β-lactam (4-membered cyclic amide) rings is 1. The van der Waals surface area contributed by atoms with Crippen molar-refractivity contribution in [3.63, 3.8) is 0 Å².